The second-order valence-corrected chi connectivity index (χ2v) is 5.99. The highest BCUT2D eigenvalue weighted by Gasteiger charge is 2.43. The van der Waals surface area contributed by atoms with Crippen LogP contribution in [0.2, 0.25) is 0 Å². The monoisotopic (exact) mass is 357 g/mol. The lowest BCUT2D eigenvalue weighted by atomic mass is 9.98. The van der Waals surface area contributed by atoms with Crippen LogP contribution >= 0.6 is 15.9 Å². The number of non-ortho nitro benzene ring substituents is 1. The molecule has 1 aliphatic rings. The number of rotatable bonds is 3. The van der Waals surface area contributed by atoms with Crippen molar-refractivity contribution in [3.63, 3.8) is 0 Å². The van der Waals surface area contributed by atoms with Crippen molar-refractivity contribution < 1.29 is 24.0 Å². The number of esters is 2. The molecule has 0 unspecified atom stereocenters. The molecule has 1 aromatic rings. The molecular weight excluding hydrogens is 346 g/mol. The summed E-state index contributed by atoms with van der Waals surface area (Å²) in [6.45, 7) is 2.92. The van der Waals surface area contributed by atoms with Crippen LogP contribution < -0.4 is 0 Å². The smallest absolute Gasteiger partial charge is 0.323 e. The van der Waals surface area contributed by atoms with Crippen molar-refractivity contribution >= 4 is 33.6 Å². The number of nitro benzene ring substituents is 1. The first kappa shape index (κ1) is 15.4. The van der Waals surface area contributed by atoms with Crippen LogP contribution in [-0.2, 0) is 25.5 Å². The predicted octanol–water partition coefficient (Wildman–Crippen LogP) is 2.35. The van der Waals surface area contributed by atoms with Crippen LogP contribution in [0.15, 0.2) is 22.7 Å². The Bertz CT molecular complexity index is 607. The number of nitro groups is 1. The number of cyclic esters (lactones) is 2. The van der Waals surface area contributed by atoms with Gasteiger partial charge in [0.25, 0.3) is 11.5 Å². The molecule has 1 fully saturated rings. The molecule has 0 saturated carbocycles. The topological polar surface area (TPSA) is 95.7 Å². The van der Waals surface area contributed by atoms with E-state index in [2.05, 4.69) is 15.9 Å². The number of hydrogen-bond donors (Lipinski definition) is 0. The van der Waals surface area contributed by atoms with E-state index in [0.717, 1.165) is 0 Å². The molecule has 1 aromatic carbocycles. The van der Waals surface area contributed by atoms with Crippen molar-refractivity contribution in [3.8, 4) is 0 Å². The van der Waals surface area contributed by atoms with Crippen molar-refractivity contribution in [1.82, 2.24) is 0 Å². The summed E-state index contributed by atoms with van der Waals surface area (Å²) in [5.41, 5.74) is 0.340. The molecule has 1 aliphatic heterocycles. The van der Waals surface area contributed by atoms with Gasteiger partial charge in [0.05, 0.1) is 4.92 Å². The number of carbonyl (C=O) groups is 2. The summed E-state index contributed by atoms with van der Waals surface area (Å²) in [5, 5.41) is 10.8. The third kappa shape index (κ3) is 3.57. The quantitative estimate of drug-likeness (QED) is 0.356. The summed E-state index contributed by atoms with van der Waals surface area (Å²) < 4.78 is 10.5. The van der Waals surface area contributed by atoms with Crippen molar-refractivity contribution in [3.05, 3.63) is 38.3 Å². The molecule has 0 aromatic heterocycles. The summed E-state index contributed by atoms with van der Waals surface area (Å²) in [6.07, 6.45) is -0.0198. The lowest BCUT2D eigenvalue weighted by molar-refractivity contribution is -0.385. The Balaban J connectivity index is 2.24. The first-order valence-corrected chi connectivity index (χ1v) is 6.87. The standard InChI is InChI=1S/C13H12BrNO6/c1-13(2)20-11(16)10(12(17)21-13)5-7-3-8(14)6-9(4-7)15(18)19/h3-4,6,10H,5H2,1-2H3. The molecule has 0 N–H and O–H groups in total. The first-order chi connectivity index (χ1) is 9.68. The second-order valence-electron chi connectivity index (χ2n) is 5.07. The maximum atomic E-state index is 11.9. The minimum absolute atomic E-state index is 0.0198. The van der Waals surface area contributed by atoms with E-state index in [1.807, 2.05) is 0 Å². The molecule has 1 heterocycles. The van der Waals surface area contributed by atoms with Crippen molar-refractivity contribution in [2.45, 2.75) is 26.1 Å². The first-order valence-electron chi connectivity index (χ1n) is 6.07. The fourth-order valence-electron chi connectivity index (χ4n) is 2.00. The van der Waals surface area contributed by atoms with Gasteiger partial charge in [-0.1, -0.05) is 15.9 Å². The van der Waals surface area contributed by atoms with Crippen LogP contribution in [0.4, 0.5) is 5.69 Å². The molecule has 1 saturated heterocycles. The molecule has 0 bridgehead atoms. The number of hydrogen-bond acceptors (Lipinski definition) is 6. The van der Waals surface area contributed by atoms with Gasteiger partial charge in [-0.05, 0) is 18.1 Å². The minimum atomic E-state index is -1.28. The Kier molecular flexibility index (Phi) is 3.99. The Labute approximate surface area is 128 Å². The van der Waals surface area contributed by atoms with Gasteiger partial charge in [0.2, 0.25) is 0 Å². The predicted molar refractivity (Wildman–Crippen MR) is 74.3 cm³/mol. The second kappa shape index (κ2) is 5.44. The van der Waals surface area contributed by atoms with Gasteiger partial charge in [-0.15, -0.1) is 0 Å². The van der Waals surface area contributed by atoms with Gasteiger partial charge in [0.1, 0.15) is 0 Å². The fraction of sp³-hybridized carbons (Fsp3) is 0.385. The van der Waals surface area contributed by atoms with E-state index in [1.54, 1.807) is 6.07 Å². The molecule has 0 amide bonds. The van der Waals surface area contributed by atoms with Crippen molar-refractivity contribution in [2.24, 2.45) is 5.92 Å². The average Bonchev–Trinajstić information content (AvgIpc) is 2.32. The summed E-state index contributed by atoms with van der Waals surface area (Å²) >= 11 is 3.16. The molecule has 7 nitrogen and oxygen atoms in total. The van der Waals surface area contributed by atoms with E-state index in [9.17, 15) is 19.7 Å². The number of nitrogens with zero attached hydrogens (tertiary/aromatic N) is 1. The van der Waals surface area contributed by atoms with Gasteiger partial charge in [0, 0.05) is 30.5 Å². The summed E-state index contributed by atoms with van der Waals surface area (Å²) in [6, 6.07) is 4.25. The van der Waals surface area contributed by atoms with Gasteiger partial charge in [-0.2, -0.15) is 0 Å². The summed E-state index contributed by atoms with van der Waals surface area (Å²) in [5.74, 6) is -3.79. The Morgan fingerprint density at radius 1 is 1.24 bits per heavy atom. The van der Waals surface area contributed by atoms with E-state index >= 15 is 0 Å². The largest absolute Gasteiger partial charge is 0.422 e. The SMILES string of the molecule is CC1(C)OC(=O)C(Cc2cc(Br)cc([N+](=O)[O-])c2)C(=O)O1. The Hall–Kier alpha value is -1.96. The van der Waals surface area contributed by atoms with Crippen LogP contribution in [0.5, 0.6) is 0 Å². The highest BCUT2D eigenvalue weighted by Crippen LogP contribution is 2.28. The van der Waals surface area contributed by atoms with Gasteiger partial charge in [0.15, 0.2) is 5.92 Å². The lowest BCUT2D eigenvalue weighted by Crippen LogP contribution is -2.46. The molecule has 21 heavy (non-hydrogen) atoms. The minimum Gasteiger partial charge on any atom is -0.422 e. The Morgan fingerprint density at radius 2 is 1.81 bits per heavy atom. The van der Waals surface area contributed by atoms with Crippen molar-refractivity contribution in [2.75, 3.05) is 0 Å². The van der Waals surface area contributed by atoms with Gasteiger partial charge in [-0.3, -0.25) is 19.7 Å². The third-order valence-corrected chi connectivity index (χ3v) is 3.31. The van der Waals surface area contributed by atoms with Gasteiger partial charge >= 0.3 is 11.9 Å². The van der Waals surface area contributed by atoms with Crippen LogP contribution in [-0.4, -0.2) is 22.6 Å². The van der Waals surface area contributed by atoms with E-state index < -0.39 is 28.6 Å². The molecule has 0 spiro atoms. The van der Waals surface area contributed by atoms with Gasteiger partial charge < -0.3 is 9.47 Å². The molecule has 112 valence electrons. The maximum Gasteiger partial charge on any atom is 0.323 e. The highest BCUT2D eigenvalue weighted by molar-refractivity contribution is 9.10. The zero-order valence-electron chi connectivity index (χ0n) is 11.3. The Morgan fingerprint density at radius 3 is 2.33 bits per heavy atom. The summed E-state index contributed by atoms with van der Waals surface area (Å²) in [7, 11) is 0. The van der Waals surface area contributed by atoms with Crippen LogP contribution in [0.25, 0.3) is 0 Å². The number of ether oxygens (including phenoxy) is 2. The summed E-state index contributed by atoms with van der Waals surface area (Å²) in [4.78, 5) is 34.0. The third-order valence-electron chi connectivity index (χ3n) is 2.85. The number of carbonyl (C=O) groups excluding carboxylic acids is 2. The van der Waals surface area contributed by atoms with Crippen LogP contribution in [0, 0.1) is 16.0 Å². The highest BCUT2D eigenvalue weighted by atomic mass is 79.9. The van der Waals surface area contributed by atoms with Gasteiger partial charge in [-0.25, -0.2) is 0 Å². The normalized spacial score (nSPS) is 18.0. The number of halogens is 1. The lowest BCUT2D eigenvalue weighted by Gasteiger charge is -2.32. The molecular formula is C13H12BrNO6. The number of benzene rings is 1. The molecule has 2 rings (SSSR count). The maximum absolute atomic E-state index is 11.9. The fourth-order valence-corrected chi connectivity index (χ4v) is 2.53. The van der Waals surface area contributed by atoms with Crippen LogP contribution in [0.1, 0.15) is 19.4 Å². The average molecular weight is 358 g/mol. The zero-order valence-corrected chi connectivity index (χ0v) is 12.9. The zero-order chi connectivity index (χ0) is 15.8. The van der Waals surface area contributed by atoms with E-state index in [4.69, 9.17) is 9.47 Å². The van der Waals surface area contributed by atoms with E-state index in [0.29, 0.717) is 10.0 Å². The van der Waals surface area contributed by atoms with Crippen molar-refractivity contribution in [1.29, 1.82) is 0 Å². The van der Waals surface area contributed by atoms with Crippen LogP contribution in [0.3, 0.4) is 0 Å². The molecule has 0 aliphatic carbocycles. The molecule has 8 heteroatoms. The van der Waals surface area contributed by atoms with E-state index in [-0.39, 0.29) is 12.1 Å². The molecule has 0 radical (unpaired) electrons. The van der Waals surface area contributed by atoms with E-state index in [1.165, 1.54) is 26.0 Å². The molecule has 0 atom stereocenters.